The Labute approximate surface area is 89.4 Å². The fraction of sp³-hybridized carbons (Fsp3) is 0.700. The lowest BCUT2D eigenvalue weighted by molar-refractivity contribution is 0.257. The third-order valence-corrected chi connectivity index (χ3v) is 3.21. The van der Waals surface area contributed by atoms with Crippen LogP contribution in [0.15, 0.2) is 12.4 Å². The average Bonchev–Trinajstić information content (AvgIpc) is 2.65. The highest BCUT2D eigenvalue weighted by molar-refractivity contribution is 6.30. The first-order chi connectivity index (χ1) is 6.81. The van der Waals surface area contributed by atoms with Crippen LogP contribution in [0.3, 0.4) is 0 Å². The lowest BCUT2D eigenvalue weighted by atomic mass is 9.90. The smallest absolute Gasteiger partial charge is 0.0785 e. The summed E-state index contributed by atoms with van der Waals surface area (Å²) in [4.78, 5) is 0. The van der Waals surface area contributed by atoms with E-state index in [-0.39, 0.29) is 0 Å². The van der Waals surface area contributed by atoms with Crippen molar-refractivity contribution in [2.24, 2.45) is 0 Å². The number of aromatic nitrogens is 2. The third kappa shape index (κ3) is 1.93. The normalized spacial score (nSPS) is 27.9. The minimum absolute atomic E-state index is 0.473. The SMILES string of the molecule is CNC1CCCCC1n1cc(Cl)cn1. The van der Waals surface area contributed by atoms with E-state index in [1.54, 1.807) is 6.20 Å². The zero-order valence-corrected chi connectivity index (χ0v) is 9.17. The van der Waals surface area contributed by atoms with Crippen LogP contribution in [0.5, 0.6) is 0 Å². The molecule has 1 fully saturated rings. The van der Waals surface area contributed by atoms with Crippen LogP contribution in [0.2, 0.25) is 5.02 Å². The third-order valence-electron chi connectivity index (χ3n) is 3.01. The fourth-order valence-electron chi connectivity index (χ4n) is 2.26. The molecule has 0 amide bonds. The van der Waals surface area contributed by atoms with Gasteiger partial charge in [-0.2, -0.15) is 5.10 Å². The van der Waals surface area contributed by atoms with Crippen molar-refractivity contribution in [3.8, 4) is 0 Å². The molecule has 14 heavy (non-hydrogen) atoms. The van der Waals surface area contributed by atoms with Gasteiger partial charge in [0.25, 0.3) is 0 Å². The Hall–Kier alpha value is -0.540. The van der Waals surface area contributed by atoms with Crippen LogP contribution in [0.4, 0.5) is 0 Å². The van der Waals surface area contributed by atoms with Crippen LogP contribution >= 0.6 is 11.6 Å². The summed E-state index contributed by atoms with van der Waals surface area (Å²) in [6.07, 6.45) is 8.67. The fourth-order valence-corrected chi connectivity index (χ4v) is 2.40. The predicted molar refractivity (Wildman–Crippen MR) is 57.6 cm³/mol. The summed E-state index contributed by atoms with van der Waals surface area (Å²) in [6, 6.07) is 1.01. The Morgan fingerprint density at radius 1 is 1.50 bits per heavy atom. The van der Waals surface area contributed by atoms with Gasteiger partial charge >= 0.3 is 0 Å². The Balaban J connectivity index is 2.14. The molecule has 3 nitrogen and oxygen atoms in total. The van der Waals surface area contributed by atoms with Crippen molar-refractivity contribution in [2.45, 2.75) is 37.8 Å². The van der Waals surface area contributed by atoms with Gasteiger partial charge in [0.2, 0.25) is 0 Å². The highest BCUT2D eigenvalue weighted by Crippen LogP contribution is 2.28. The van der Waals surface area contributed by atoms with E-state index in [0.717, 1.165) is 5.02 Å². The van der Waals surface area contributed by atoms with Crippen LogP contribution in [-0.4, -0.2) is 22.9 Å². The Morgan fingerprint density at radius 3 is 2.93 bits per heavy atom. The Kier molecular flexibility index (Phi) is 3.08. The van der Waals surface area contributed by atoms with Crippen LogP contribution in [-0.2, 0) is 0 Å². The van der Waals surface area contributed by atoms with Gasteiger partial charge in [0.05, 0.1) is 17.3 Å². The number of nitrogens with one attached hydrogen (secondary N) is 1. The quantitative estimate of drug-likeness (QED) is 0.817. The molecule has 0 saturated heterocycles. The van der Waals surface area contributed by atoms with Crippen molar-refractivity contribution >= 4 is 11.6 Å². The standard InChI is InChI=1S/C10H16ClN3/c1-12-9-4-2-3-5-10(9)14-7-8(11)6-13-14/h6-7,9-10,12H,2-5H2,1H3. The van der Waals surface area contributed by atoms with E-state index in [2.05, 4.69) is 10.4 Å². The first-order valence-electron chi connectivity index (χ1n) is 5.18. The second-order valence-electron chi connectivity index (χ2n) is 3.89. The van der Waals surface area contributed by atoms with E-state index >= 15 is 0 Å². The Bertz CT molecular complexity index is 297. The topological polar surface area (TPSA) is 29.9 Å². The van der Waals surface area contributed by atoms with Gasteiger partial charge in [0, 0.05) is 12.2 Å². The number of hydrogen-bond acceptors (Lipinski definition) is 2. The van der Waals surface area contributed by atoms with Gasteiger partial charge in [0.1, 0.15) is 0 Å². The number of hydrogen-bond donors (Lipinski definition) is 1. The maximum atomic E-state index is 5.87. The molecule has 1 N–H and O–H groups in total. The molecule has 0 aromatic carbocycles. The summed E-state index contributed by atoms with van der Waals surface area (Å²) < 4.78 is 2.00. The van der Waals surface area contributed by atoms with Crippen molar-refractivity contribution in [3.63, 3.8) is 0 Å². The molecule has 1 aliphatic carbocycles. The minimum atomic E-state index is 0.473. The van der Waals surface area contributed by atoms with Gasteiger partial charge in [-0.15, -0.1) is 0 Å². The molecule has 4 heteroatoms. The van der Waals surface area contributed by atoms with E-state index < -0.39 is 0 Å². The summed E-state index contributed by atoms with van der Waals surface area (Å²) in [5.74, 6) is 0. The second-order valence-corrected chi connectivity index (χ2v) is 4.32. The van der Waals surface area contributed by atoms with Crippen LogP contribution in [0, 0.1) is 0 Å². The molecule has 1 saturated carbocycles. The molecular formula is C10H16ClN3. The molecule has 0 bridgehead atoms. The molecule has 1 aromatic heterocycles. The van der Waals surface area contributed by atoms with Crippen molar-refractivity contribution in [1.29, 1.82) is 0 Å². The summed E-state index contributed by atoms with van der Waals surface area (Å²) in [5.41, 5.74) is 0. The van der Waals surface area contributed by atoms with Crippen LogP contribution < -0.4 is 5.32 Å². The van der Waals surface area contributed by atoms with Crippen LogP contribution in [0.1, 0.15) is 31.7 Å². The zero-order valence-electron chi connectivity index (χ0n) is 8.41. The van der Waals surface area contributed by atoms with Gasteiger partial charge in [-0.25, -0.2) is 0 Å². The highest BCUT2D eigenvalue weighted by Gasteiger charge is 2.25. The number of halogens is 1. The van der Waals surface area contributed by atoms with Crippen LogP contribution in [0.25, 0.3) is 0 Å². The molecule has 78 valence electrons. The molecule has 0 radical (unpaired) electrons. The molecular weight excluding hydrogens is 198 g/mol. The highest BCUT2D eigenvalue weighted by atomic mass is 35.5. The second kappa shape index (κ2) is 4.32. The molecule has 2 unspecified atom stereocenters. The Morgan fingerprint density at radius 2 is 2.29 bits per heavy atom. The summed E-state index contributed by atoms with van der Waals surface area (Å²) in [7, 11) is 2.02. The molecule has 1 aliphatic rings. The van der Waals surface area contributed by atoms with Gasteiger partial charge in [0.15, 0.2) is 0 Å². The largest absolute Gasteiger partial charge is 0.315 e. The molecule has 1 heterocycles. The van der Waals surface area contributed by atoms with Crippen molar-refractivity contribution in [3.05, 3.63) is 17.4 Å². The monoisotopic (exact) mass is 213 g/mol. The van der Waals surface area contributed by atoms with Gasteiger partial charge in [-0.1, -0.05) is 24.4 Å². The van der Waals surface area contributed by atoms with Crippen molar-refractivity contribution in [1.82, 2.24) is 15.1 Å². The first-order valence-corrected chi connectivity index (χ1v) is 5.56. The predicted octanol–water partition coefficient (Wildman–Crippen LogP) is 2.24. The molecule has 1 aromatic rings. The summed E-state index contributed by atoms with van der Waals surface area (Å²) in [5, 5.41) is 8.37. The van der Waals surface area contributed by atoms with E-state index in [0.29, 0.717) is 12.1 Å². The van der Waals surface area contributed by atoms with Gasteiger partial charge < -0.3 is 5.32 Å². The average molecular weight is 214 g/mol. The summed E-state index contributed by atoms with van der Waals surface area (Å²) in [6.45, 7) is 0. The molecule has 2 atom stereocenters. The number of rotatable bonds is 2. The van der Waals surface area contributed by atoms with Gasteiger partial charge in [-0.05, 0) is 19.9 Å². The van der Waals surface area contributed by atoms with E-state index in [1.807, 2.05) is 17.9 Å². The molecule has 0 spiro atoms. The maximum absolute atomic E-state index is 5.87. The van der Waals surface area contributed by atoms with E-state index in [4.69, 9.17) is 11.6 Å². The van der Waals surface area contributed by atoms with E-state index in [1.165, 1.54) is 25.7 Å². The van der Waals surface area contributed by atoms with Crippen molar-refractivity contribution < 1.29 is 0 Å². The lowest BCUT2D eigenvalue weighted by Gasteiger charge is -2.31. The zero-order chi connectivity index (χ0) is 9.97. The minimum Gasteiger partial charge on any atom is -0.315 e. The molecule has 0 aliphatic heterocycles. The maximum Gasteiger partial charge on any atom is 0.0785 e. The number of likely N-dealkylation sites (N-methyl/N-ethyl adjacent to an activating group) is 1. The first kappa shape index (κ1) is 9.99. The van der Waals surface area contributed by atoms with Crippen molar-refractivity contribution in [2.75, 3.05) is 7.05 Å². The van der Waals surface area contributed by atoms with Gasteiger partial charge in [-0.3, -0.25) is 4.68 Å². The summed E-state index contributed by atoms with van der Waals surface area (Å²) >= 11 is 5.87. The number of nitrogens with zero attached hydrogens (tertiary/aromatic N) is 2. The lowest BCUT2D eigenvalue weighted by Crippen LogP contribution is -2.37. The van der Waals surface area contributed by atoms with E-state index in [9.17, 15) is 0 Å². The molecule has 2 rings (SSSR count).